The van der Waals surface area contributed by atoms with Crippen LogP contribution in [0.15, 0.2) is 62.9 Å². The highest BCUT2D eigenvalue weighted by atomic mass is 79.9. The number of rotatable bonds is 4. The molecule has 2 heterocycles. The summed E-state index contributed by atoms with van der Waals surface area (Å²) in [5.41, 5.74) is 6.35. The van der Waals surface area contributed by atoms with Gasteiger partial charge in [-0.3, -0.25) is 4.79 Å². The Balaban J connectivity index is 1.62. The van der Waals surface area contributed by atoms with Gasteiger partial charge in [0.2, 0.25) is 0 Å². The number of hydrogen-bond acceptors (Lipinski definition) is 3. The van der Waals surface area contributed by atoms with E-state index in [1.807, 2.05) is 18.2 Å². The first kappa shape index (κ1) is 21.9. The Bertz CT molecular complexity index is 1230. The Kier molecular flexibility index (Phi) is 6.42. The lowest BCUT2D eigenvalue weighted by molar-refractivity contribution is -0.115. The van der Waals surface area contributed by atoms with Crippen LogP contribution >= 0.6 is 39.3 Å². The third-order valence-corrected chi connectivity index (χ3v) is 7.29. The number of thioether (sulfide) groups is 1. The first-order valence-corrected chi connectivity index (χ1v) is 11.9. The van der Waals surface area contributed by atoms with Gasteiger partial charge in [0.25, 0.3) is 5.91 Å². The normalized spacial score (nSPS) is 16.4. The number of aliphatic imine (C=N–C) groups is 1. The van der Waals surface area contributed by atoms with Gasteiger partial charge in [0.1, 0.15) is 0 Å². The van der Waals surface area contributed by atoms with Gasteiger partial charge >= 0.3 is 0 Å². The molecule has 1 N–H and O–H groups in total. The number of hydrogen-bond donors (Lipinski definition) is 1. The molecule has 0 radical (unpaired) electrons. The van der Waals surface area contributed by atoms with Crippen molar-refractivity contribution in [2.45, 2.75) is 27.2 Å². The predicted molar refractivity (Wildman–Crippen MR) is 135 cm³/mol. The third-order valence-electron chi connectivity index (χ3n) is 5.14. The Morgan fingerprint density at radius 1 is 1.16 bits per heavy atom. The molecule has 1 amide bonds. The van der Waals surface area contributed by atoms with Gasteiger partial charge < -0.3 is 9.88 Å². The van der Waals surface area contributed by atoms with Crippen LogP contribution in [0.4, 0.5) is 5.69 Å². The number of aryl methyl sites for hydroxylation is 2. The minimum absolute atomic E-state index is 0.149. The second-order valence-electron chi connectivity index (χ2n) is 7.26. The molecule has 7 heteroatoms. The minimum atomic E-state index is -0.149. The molecule has 0 spiro atoms. The largest absolute Gasteiger partial charge is 0.318 e. The van der Waals surface area contributed by atoms with E-state index in [2.05, 4.69) is 81.9 Å². The van der Waals surface area contributed by atoms with Gasteiger partial charge in [-0.05, 0) is 102 Å². The zero-order chi connectivity index (χ0) is 22.1. The highest BCUT2D eigenvalue weighted by Crippen LogP contribution is 2.32. The summed E-state index contributed by atoms with van der Waals surface area (Å²) >= 11 is 10.8. The van der Waals surface area contributed by atoms with Crippen LogP contribution < -0.4 is 5.32 Å². The first-order chi connectivity index (χ1) is 14.9. The SMILES string of the molecule is CCc1ccc(-n2c(C)cc(/C=C3\SC(=Nc4ccc(Br)c(Cl)c4)NC3=O)c2C)cc1. The molecule has 3 aromatic rings. The standard InChI is InChI=1S/C24H21BrClN3OS/c1-4-16-5-8-19(9-6-16)29-14(2)11-17(15(29)3)12-22-23(30)28-24(31-22)27-18-7-10-20(25)21(26)13-18/h5-13H,4H2,1-3H3,(H,27,28,30)/b22-12-. The fraction of sp³-hybridized carbons (Fsp3) is 0.167. The number of amidine groups is 1. The molecule has 0 saturated carbocycles. The molecule has 158 valence electrons. The van der Waals surface area contributed by atoms with Gasteiger partial charge in [0.05, 0.1) is 15.6 Å². The van der Waals surface area contributed by atoms with Crippen molar-refractivity contribution in [3.05, 3.63) is 85.4 Å². The first-order valence-electron chi connectivity index (χ1n) is 9.88. The lowest BCUT2D eigenvalue weighted by Gasteiger charge is -2.10. The Morgan fingerprint density at radius 3 is 2.58 bits per heavy atom. The fourth-order valence-corrected chi connectivity index (χ4v) is 4.76. The Hall–Kier alpha value is -2.28. The molecule has 0 atom stereocenters. The summed E-state index contributed by atoms with van der Waals surface area (Å²) in [5, 5.41) is 3.95. The third kappa shape index (κ3) is 4.66. The van der Waals surface area contributed by atoms with E-state index in [0.29, 0.717) is 20.8 Å². The molecule has 1 aliphatic heterocycles. The van der Waals surface area contributed by atoms with Crippen LogP contribution in [0.3, 0.4) is 0 Å². The number of benzene rings is 2. The van der Waals surface area contributed by atoms with Gasteiger partial charge in [0, 0.05) is 21.5 Å². The maximum atomic E-state index is 12.5. The summed E-state index contributed by atoms with van der Waals surface area (Å²) in [6.45, 7) is 6.30. The molecular formula is C24H21BrClN3OS. The van der Waals surface area contributed by atoms with E-state index in [0.717, 1.165) is 33.5 Å². The molecule has 1 aliphatic rings. The van der Waals surface area contributed by atoms with Crippen molar-refractivity contribution >= 4 is 62.1 Å². The van der Waals surface area contributed by atoms with E-state index >= 15 is 0 Å². The molecule has 0 unspecified atom stereocenters. The van der Waals surface area contributed by atoms with Crippen LogP contribution in [-0.2, 0) is 11.2 Å². The molecule has 4 rings (SSSR count). The van der Waals surface area contributed by atoms with Gasteiger partial charge in [-0.1, -0.05) is 30.7 Å². The second-order valence-corrected chi connectivity index (χ2v) is 9.55. The molecule has 1 fully saturated rings. The molecule has 2 aromatic carbocycles. The summed E-state index contributed by atoms with van der Waals surface area (Å²) in [5.74, 6) is -0.149. The average Bonchev–Trinajstić information content (AvgIpc) is 3.23. The van der Waals surface area contributed by atoms with Crippen LogP contribution in [-0.4, -0.2) is 15.6 Å². The van der Waals surface area contributed by atoms with Crippen LogP contribution in [0.25, 0.3) is 11.8 Å². The summed E-state index contributed by atoms with van der Waals surface area (Å²) in [6, 6.07) is 16.1. The Morgan fingerprint density at radius 2 is 1.90 bits per heavy atom. The van der Waals surface area contributed by atoms with Crippen LogP contribution in [0.2, 0.25) is 5.02 Å². The quantitative estimate of drug-likeness (QED) is 0.382. The second kappa shape index (κ2) is 9.07. The van der Waals surface area contributed by atoms with Gasteiger partial charge in [-0.2, -0.15) is 0 Å². The summed E-state index contributed by atoms with van der Waals surface area (Å²) in [7, 11) is 0. The van der Waals surface area contributed by atoms with Crippen molar-refractivity contribution in [1.82, 2.24) is 9.88 Å². The smallest absolute Gasteiger partial charge is 0.264 e. The Labute approximate surface area is 199 Å². The van der Waals surface area contributed by atoms with Crippen molar-refractivity contribution in [2.75, 3.05) is 0 Å². The summed E-state index contributed by atoms with van der Waals surface area (Å²) in [6.07, 6.45) is 2.94. The van der Waals surface area contributed by atoms with Gasteiger partial charge in [0.15, 0.2) is 5.17 Å². The number of aromatic nitrogens is 1. The summed E-state index contributed by atoms with van der Waals surface area (Å²) in [4.78, 5) is 17.6. The number of carbonyl (C=O) groups excluding carboxylic acids is 1. The number of halogens is 2. The fourth-order valence-electron chi connectivity index (χ4n) is 3.51. The molecule has 4 nitrogen and oxygen atoms in total. The van der Waals surface area contributed by atoms with E-state index in [4.69, 9.17) is 11.6 Å². The number of carbonyl (C=O) groups is 1. The minimum Gasteiger partial charge on any atom is -0.318 e. The lowest BCUT2D eigenvalue weighted by atomic mass is 10.1. The van der Waals surface area contributed by atoms with E-state index in [9.17, 15) is 4.79 Å². The molecule has 1 aromatic heterocycles. The van der Waals surface area contributed by atoms with Crippen LogP contribution in [0, 0.1) is 13.8 Å². The van der Waals surface area contributed by atoms with Gasteiger partial charge in [-0.25, -0.2) is 4.99 Å². The summed E-state index contributed by atoms with van der Waals surface area (Å²) < 4.78 is 3.02. The van der Waals surface area contributed by atoms with E-state index in [1.165, 1.54) is 17.3 Å². The lowest BCUT2D eigenvalue weighted by Crippen LogP contribution is -2.19. The van der Waals surface area contributed by atoms with Crippen molar-refractivity contribution in [2.24, 2.45) is 4.99 Å². The molecular weight excluding hydrogens is 494 g/mol. The average molecular weight is 515 g/mol. The van der Waals surface area contributed by atoms with Crippen LogP contribution in [0.5, 0.6) is 0 Å². The zero-order valence-electron chi connectivity index (χ0n) is 17.4. The van der Waals surface area contributed by atoms with Crippen molar-refractivity contribution in [1.29, 1.82) is 0 Å². The van der Waals surface area contributed by atoms with E-state index in [-0.39, 0.29) is 5.91 Å². The van der Waals surface area contributed by atoms with Crippen molar-refractivity contribution in [3.63, 3.8) is 0 Å². The highest BCUT2D eigenvalue weighted by molar-refractivity contribution is 9.10. The molecule has 0 aliphatic carbocycles. The van der Waals surface area contributed by atoms with E-state index in [1.54, 1.807) is 6.07 Å². The topological polar surface area (TPSA) is 46.4 Å². The van der Waals surface area contributed by atoms with E-state index < -0.39 is 0 Å². The van der Waals surface area contributed by atoms with Crippen molar-refractivity contribution < 1.29 is 4.79 Å². The highest BCUT2D eigenvalue weighted by Gasteiger charge is 2.24. The maximum Gasteiger partial charge on any atom is 0.264 e. The number of nitrogens with one attached hydrogen (secondary N) is 1. The monoisotopic (exact) mass is 513 g/mol. The number of nitrogens with zero attached hydrogens (tertiary/aromatic N) is 2. The van der Waals surface area contributed by atoms with Crippen molar-refractivity contribution in [3.8, 4) is 5.69 Å². The number of amides is 1. The maximum absolute atomic E-state index is 12.5. The van der Waals surface area contributed by atoms with Gasteiger partial charge in [-0.15, -0.1) is 0 Å². The van der Waals surface area contributed by atoms with Crippen LogP contribution in [0.1, 0.15) is 29.4 Å². The predicted octanol–water partition coefficient (Wildman–Crippen LogP) is 6.96. The molecule has 1 saturated heterocycles. The molecule has 0 bridgehead atoms. The zero-order valence-corrected chi connectivity index (χ0v) is 20.5. The molecule has 31 heavy (non-hydrogen) atoms.